The van der Waals surface area contributed by atoms with Crippen molar-refractivity contribution < 1.29 is 8.78 Å². The smallest absolute Gasteiger partial charge is 0.255 e. The van der Waals surface area contributed by atoms with Gasteiger partial charge in [-0.3, -0.25) is 4.98 Å². The van der Waals surface area contributed by atoms with Crippen molar-refractivity contribution in [3.63, 3.8) is 0 Å². The number of aromatic nitrogens is 1. The normalized spacial score (nSPS) is 11.7. The summed E-state index contributed by atoms with van der Waals surface area (Å²) in [5.74, 6) is -2.34. The maximum Gasteiger partial charge on any atom is 0.286 e. The minimum absolute atomic E-state index is 0.201. The Balaban J connectivity index is 2.93. The molecule has 0 saturated heterocycles. The van der Waals surface area contributed by atoms with Crippen LogP contribution in [-0.4, -0.2) is 4.98 Å². The fraction of sp³-hybridized carbons (Fsp3) is 0.375. The van der Waals surface area contributed by atoms with E-state index in [-0.39, 0.29) is 5.69 Å². The Morgan fingerprint density at radius 2 is 2.17 bits per heavy atom. The van der Waals surface area contributed by atoms with Gasteiger partial charge in [-0.1, -0.05) is 6.07 Å². The van der Waals surface area contributed by atoms with Crippen LogP contribution in [-0.2, 0) is 11.7 Å². The standard InChI is InChI=1S/C8H9F2NS/c1-8(9,10)7-3-2-6(5-12)4-11-7/h2-4,12H,5H2,1H3. The maximum atomic E-state index is 12.6. The van der Waals surface area contributed by atoms with Crippen LogP contribution in [0.4, 0.5) is 8.78 Å². The van der Waals surface area contributed by atoms with Crippen molar-refractivity contribution >= 4 is 12.6 Å². The van der Waals surface area contributed by atoms with Gasteiger partial charge >= 0.3 is 0 Å². The maximum absolute atomic E-state index is 12.6. The highest BCUT2D eigenvalue weighted by Gasteiger charge is 2.25. The Morgan fingerprint density at radius 1 is 1.50 bits per heavy atom. The third kappa shape index (κ3) is 2.17. The van der Waals surface area contributed by atoms with Crippen molar-refractivity contribution in [2.75, 3.05) is 0 Å². The molecule has 0 bridgehead atoms. The molecular formula is C8H9F2NS. The van der Waals surface area contributed by atoms with Crippen LogP contribution in [0.3, 0.4) is 0 Å². The Kier molecular flexibility index (Phi) is 2.67. The fourth-order valence-corrected chi connectivity index (χ4v) is 0.965. The van der Waals surface area contributed by atoms with Crippen LogP contribution >= 0.6 is 12.6 Å². The number of halogens is 2. The van der Waals surface area contributed by atoms with Gasteiger partial charge in [-0.25, -0.2) is 0 Å². The van der Waals surface area contributed by atoms with E-state index in [0.717, 1.165) is 12.5 Å². The van der Waals surface area contributed by atoms with Crippen LogP contribution in [0.15, 0.2) is 18.3 Å². The van der Waals surface area contributed by atoms with Crippen molar-refractivity contribution in [3.05, 3.63) is 29.6 Å². The first-order valence-corrected chi connectivity index (χ1v) is 4.11. The fourth-order valence-electron chi connectivity index (χ4n) is 0.778. The summed E-state index contributed by atoms with van der Waals surface area (Å²) in [6, 6.07) is 2.93. The number of hydrogen-bond donors (Lipinski definition) is 1. The molecule has 0 radical (unpaired) electrons. The van der Waals surface area contributed by atoms with Gasteiger partial charge in [0, 0.05) is 18.9 Å². The van der Waals surface area contributed by atoms with Gasteiger partial charge in [-0.15, -0.1) is 0 Å². The first-order valence-electron chi connectivity index (χ1n) is 3.48. The third-order valence-electron chi connectivity index (χ3n) is 1.46. The summed E-state index contributed by atoms with van der Waals surface area (Å²) in [6.07, 6.45) is 1.42. The Morgan fingerprint density at radius 3 is 2.50 bits per heavy atom. The summed E-state index contributed by atoms with van der Waals surface area (Å²) in [6.45, 7) is 0.829. The minimum Gasteiger partial charge on any atom is -0.255 e. The summed E-state index contributed by atoms with van der Waals surface area (Å²) in [5.41, 5.74) is 0.638. The Hall–Kier alpha value is -0.640. The molecule has 0 aromatic carbocycles. The van der Waals surface area contributed by atoms with E-state index in [1.165, 1.54) is 12.3 Å². The molecule has 0 atom stereocenters. The summed E-state index contributed by atoms with van der Waals surface area (Å²) in [4.78, 5) is 3.62. The van der Waals surface area contributed by atoms with Gasteiger partial charge in [0.1, 0.15) is 5.69 Å². The predicted octanol–water partition coefficient (Wildman–Crippen LogP) is 2.62. The number of pyridine rings is 1. The molecule has 1 nitrogen and oxygen atoms in total. The molecule has 0 saturated carbocycles. The zero-order chi connectivity index (χ0) is 9.19. The number of thiol groups is 1. The summed E-state index contributed by atoms with van der Waals surface area (Å²) in [7, 11) is 0. The SMILES string of the molecule is CC(F)(F)c1ccc(CS)cn1. The van der Waals surface area contributed by atoms with Crippen LogP contribution in [0.25, 0.3) is 0 Å². The number of hydrogen-bond acceptors (Lipinski definition) is 2. The molecule has 12 heavy (non-hydrogen) atoms. The molecule has 0 aliphatic rings. The molecule has 0 spiro atoms. The lowest BCUT2D eigenvalue weighted by molar-refractivity contribution is 0.0127. The van der Waals surface area contributed by atoms with Crippen LogP contribution in [0.2, 0.25) is 0 Å². The summed E-state index contributed by atoms with van der Waals surface area (Å²) < 4.78 is 25.2. The van der Waals surface area contributed by atoms with E-state index in [2.05, 4.69) is 17.6 Å². The van der Waals surface area contributed by atoms with Gasteiger partial charge in [-0.2, -0.15) is 21.4 Å². The van der Waals surface area contributed by atoms with Crippen LogP contribution in [0, 0.1) is 0 Å². The summed E-state index contributed by atoms with van der Waals surface area (Å²) in [5, 5.41) is 0. The minimum atomic E-state index is -2.85. The summed E-state index contributed by atoms with van der Waals surface area (Å²) >= 11 is 3.99. The Bertz CT molecular complexity index is 253. The second-order valence-electron chi connectivity index (χ2n) is 2.60. The zero-order valence-electron chi connectivity index (χ0n) is 6.59. The molecule has 0 aliphatic heterocycles. The molecule has 1 rings (SSSR count). The quantitative estimate of drug-likeness (QED) is 0.706. The van der Waals surface area contributed by atoms with Crippen molar-refractivity contribution in [2.45, 2.75) is 18.6 Å². The van der Waals surface area contributed by atoms with Crippen molar-refractivity contribution in [1.82, 2.24) is 4.98 Å². The van der Waals surface area contributed by atoms with E-state index >= 15 is 0 Å². The first-order chi connectivity index (χ1) is 5.54. The average Bonchev–Trinajstić information content (AvgIpc) is 2.03. The highest BCUT2D eigenvalue weighted by atomic mass is 32.1. The second kappa shape index (κ2) is 3.39. The molecular weight excluding hydrogens is 180 g/mol. The van der Waals surface area contributed by atoms with Gasteiger partial charge in [-0.05, 0) is 11.6 Å². The molecule has 0 fully saturated rings. The zero-order valence-corrected chi connectivity index (χ0v) is 7.48. The van der Waals surface area contributed by atoms with E-state index < -0.39 is 5.92 Å². The van der Waals surface area contributed by atoms with Crippen molar-refractivity contribution in [1.29, 1.82) is 0 Å². The van der Waals surface area contributed by atoms with Crippen molar-refractivity contribution in [3.8, 4) is 0 Å². The molecule has 4 heteroatoms. The molecule has 0 amide bonds. The number of nitrogens with zero attached hydrogens (tertiary/aromatic N) is 1. The molecule has 0 aliphatic carbocycles. The molecule has 1 aromatic rings. The molecule has 1 heterocycles. The largest absolute Gasteiger partial charge is 0.286 e. The highest BCUT2D eigenvalue weighted by molar-refractivity contribution is 7.79. The van der Waals surface area contributed by atoms with E-state index in [4.69, 9.17) is 0 Å². The lowest BCUT2D eigenvalue weighted by atomic mass is 10.2. The average molecular weight is 189 g/mol. The van der Waals surface area contributed by atoms with Crippen LogP contribution in [0.5, 0.6) is 0 Å². The van der Waals surface area contributed by atoms with Crippen molar-refractivity contribution in [2.24, 2.45) is 0 Å². The second-order valence-corrected chi connectivity index (χ2v) is 2.91. The first kappa shape index (κ1) is 9.45. The van der Waals surface area contributed by atoms with E-state index in [0.29, 0.717) is 5.75 Å². The Labute approximate surface area is 75.2 Å². The molecule has 0 N–H and O–H groups in total. The van der Waals surface area contributed by atoms with E-state index in [1.54, 1.807) is 6.07 Å². The van der Waals surface area contributed by atoms with E-state index in [9.17, 15) is 8.78 Å². The van der Waals surface area contributed by atoms with Gasteiger partial charge in [0.2, 0.25) is 0 Å². The van der Waals surface area contributed by atoms with E-state index in [1.807, 2.05) is 0 Å². The molecule has 1 aromatic heterocycles. The lowest BCUT2D eigenvalue weighted by Crippen LogP contribution is -2.09. The predicted molar refractivity (Wildman–Crippen MR) is 46.5 cm³/mol. The van der Waals surface area contributed by atoms with Gasteiger partial charge in [0.25, 0.3) is 5.92 Å². The number of alkyl halides is 2. The lowest BCUT2D eigenvalue weighted by Gasteiger charge is -2.08. The van der Waals surface area contributed by atoms with Crippen LogP contribution < -0.4 is 0 Å². The molecule has 66 valence electrons. The topological polar surface area (TPSA) is 12.9 Å². The van der Waals surface area contributed by atoms with Crippen LogP contribution in [0.1, 0.15) is 18.2 Å². The van der Waals surface area contributed by atoms with Gasteiger partial charge in [0.05, 0.1) is 0 Å². The highest BCUT2D eigenvalue weighted by Crippen LogP contribution is 2.24. The third-order valence-corrected chi connectivity index (χ3v) is 1.82. The number of rotatable bonds is 2. The monoisotopic (exact) mass is 189 g/mol. The van der Waals surface area contributed by atoms with Gasteiger partial charge < -0.3 is 0 Å². The van der Waals surface area contributed by atoms with Gasteiger partial charge in [0.15, 0.2) is 0 Å². The molecule has 0 unspecified atom stereocenters.